The van der Waals surface area contributed by atoms with Crippen LogP contribution in [0.25, 0.3) is 0 Å². The Labute approximate surface area is 122 Å². The van der Waals surface area contributed by atoms with Crippen molar-refractivity contribution in [3.63, 3.8) is 0 Å². The quantitative estimate of drug-likeness (QED) is 0.623. The third-order valence-corrected chi connectivity index (χ3v) is 2.04. The highest BCUT2D eigenvalue weighted by Gasteiger charge is 1.97. The van der Waals surface area contributed by atoms with Gasteiger partial charge in [-0.15, -0.1) is 0 Å². The van der Waals surface area contributed by atoms with Gasteiger partial charge < -0.3 is 21.7 Å². The Morgan fingerprint density at radius 2 is 0.952 bits per heavy atom. The molecule has 0 saturated carbocycles. The van der Waals surface area contributed by atoms with Crippen LogP contribution in [0.1, 0.15) is 20.7 Å². The largest absolute Gasteiger partial charge is 0.478 e. The highest BCUT2D eigenvalue weighted by molar-refractivity contribution is 5.87. The van der Waals surface area contributed by atoms with Gasteiger partial charge in [0.05, 0.1) is 11.1 Å². The van der Waals surface area contributed by atoms with Gasteiger partial charge in [0, 0.05) is 6.67 Å². The normalized spacial score (nSPS) is 8.48. The first-order valence-corrected chi connectivity index (χ1v) is 5.99. The molecule has 112 valence electrons. The van der Waals surface area contributed by atoms with E-state index in [0.717, 1.165) is 0 Å². The van der Waals surface area contributed by atoms with Gasteiger partial charge in [-0.25, -0.2) is 9.59 Å². The van der Waals surface area contributed by atoms with E-state index >= 15 is 0 Å². The van der Waals surface area contributed by atoms with Crippen LogP contribution in [0.3, 0.4) is 0 Å². The molecule has 2 aromatic rings. The maximum absolute atomic E-state index is 10.2. The second kappa shape index (κ2) is 11.2. The second-order valence-corrected chi connectivity index (χ2v) is 3.58. The van der Waals surface area contributed by atoms with Crippen LogP contribution in [0.15, 0.2) is 60.7 Å². The van der Waals surface area contributed by atoms with Crippen molar-refractivity contribution < 1.29 is 19.8 Å². The number of aromatic carboxylic acids is 2. The van der Waals surface area contributed by atoms with Gasteiger partial charge in [0.2, 0.25) is 0 Å². The van der Waals surface area contributed by atoms with Crippen molar-refractivity contribution in [2.24, 2.45) is 11.5 Å². The number of benzene rings is 2. The van der Waals surface area contributed by atoms with Gasteiger partial charge in [-0.1, -0.05) is 36.4 Å². The Morgan fingerprint density at radius 1 is 0.714 bits per heavy atom. The molecule has 6 N–H and O–H groups in total. The number of rotatable bonds is 2. The lowest BCUT2D eigenvalue weighted by molar-refractivity contribution is 0.0686. The van der Waals surface area contributed by atoms with Crippen LogP contribution in [0.5, 0.6) is 0 Å². The molecule has 0 unspecified atom stereocenters. The minimum Gasteiger partial charge on any atom is -0.478 e. The van der Waals surface area contributed by atoms with E-state index in [0.29, 0.717) is 11.1 Å². The van der Waals surface area contributed by atoms with Crippen molar-refractivity contribution in [1.29, 1.82) is 0 Å². The Balaban J connectivity index is 0.000000322. The molecular weight excluding hydrogens is 272 g/mol. The summed E-state index contributed by atoms with van der Waals surface area (Å²) >= 11 is 0. The van der Waals surface area contributed by atoms with Crippen molar-refractivity contribution in [3.05, 3.63) is 71.8 Å². The van der Waals surface area contributed by atoms with Crippen LogP contribution in [0.4, 0.5) is 0 Å². The lowest BCUT2D eigenvalue weighted by Crippen LogP contribution is -2.08. The molecule has 0 amide bonds. The average molecular weight is 290 g/mol. The van der Waals surface area contributed by atoms with Crippen molar-refractivity contribution in [2.75, 3.05) is 6.67 Å². The standard InChI is InChI=1S/2C7H6O2.CH6N2/c2*8-7(9)6-4-2-1-3-5-6;2-1-3/h2*1-5H,(H,8,9);1-3H2. The van der Waals surface area contributed by atoms with Gasteiger partial charge in [0.25, 0.3) is 0 Å². The number of carbonyl (C=O) groups is 2. The van der Waals surface area contributed by atoms with Gasteiger partial charge in [-0.05, 0) is 24.3 Å². The molecule has 0 bridgehead atoms. The van der Waals surface area contributed by atoms with E-state index in [1.54, 1.807) is 60.7 Å². The van der Waals surface area contributed by atoms with Crippen LogP contribution in [0.2, 0.25) is 0 Å². The van der Waals surface area contributed by atoms with Crippen LogP contribution in [-0.2, 0) is 0 Å². The molecule has 0 aromatic heterocycles. The first-order valence-electron chi connectivity index (χ1n) is 5.99. The Morgan fingerprint density at radius 3 is 1.10 bits per heavy atom. The van der Waals surface area contributed by atoms with E-state index in [4.69, 9.17) is 10.2 Å². The van der Waals surface area contributed by atoms with Crippen molar-refractivity contribution in [3.8, 4) is 0 Å². The summed E-state index contributed by atoms with van der Waals surface area (Å²) in [7, 11) is 0. The van der Waals surface area contributed by atoms with E-state index in [-0.39, 0.29) is 6.67 Å². The molecule has 6 nitrogen and oxygen atoms in total. The summed E-state index contributed by atoms with van der Waals surface area (Å²) in [5, 5.41) is 16.8. The van der Waals surface area contributed by atoms with Gasteiger partial charge in [-0.2, -0.15) is 0 Å². The molecule has 0 aliphatic rings. The highest BCUT2D eigenvalue weighted by atomic mass is 16.4. The SMILES string of the molecule is NCN.O=C(O)c1ccccc1.O=C(O)c1ccccc1. The smallest absolute Gasteiger partial charge is 0.335 e. The maximum Gasteiger partial charge on any atom is 0.335 e. The fourth-order valence-corrected chi connectivity index (χ4v) is 1.16. The fraction of sp³-hybridized carbons (Fsp3) is 0.0667. The zero-order valence-corrected chi connectivity index (χ0v) is 11.3. The number of hydrogen-bond donors (Lipinski definition) is 4. The number of nitrogens with two attached hydrogens (primary N) is 2. The van der Waals surface area contributed by atoms with Crippen LogP contribution >= 0.6 is 0 Å². The molecule has 0 heterocycles. The average Bonchev–Trinajstić information content (AvgIpc) is 2.50. The molecule has 2 rings (SSSR count). The van der Waals surface area contributed by atoms with Gasteiger partial charge in [0.1, 0.15) is 0 Å². The van der Waals surface area contributed by atoms with Gasteiger partial charge in [-0.3, -0.25) is 0 Å². The lowest BCUT2D eigenvalue weighted by atomic mass is 10.2. The van der Waals surface area contributed by atoms with Crippen LogP contribution in [0, 0.1) is 0 Å². The third-order valence-electron chi connectivity index (χ3n) is 2.04. The predicted molar refractivity (Wildman–Crippen MR) is 80.0 cm³/mol. The third kappa shape index (κ3) is 8.93. The molecule has 0 atom stereocenters. The highest BCUT2D eigenvalue weighted by Crippen LogP contribution is 1.96. The zero-order chi connectivity index (χ0) is 16.1. The second-order valence-electron chi connectivity index (χ2n) is 3.58. The minimum absolute atomic E-state index is 0.250. The Kier molecular flexibility index (Phi) is 9.72. The molecule has 2 aromatic carbocycles. The van der Waals surface area contributed by atoms with Crippen molar-refractivity contribution >= 4 is 11.9 Å². The Hall–Kier alpha value is -2.70. The van der Waals surface area contributed by atoms with Gasteiger partial charge in [0.15, 0.2) is 0 Å². The summed E-state index contributed by atoms with van der Waals surface area (Å²) in [5.41, 5.74) is 9.91. The first kappa shape index (κ1) is 18.3. The molecule has 21 heavy (non-hydrogen) atoms. The summed E-state index contributed by atoms with van der Waals surface area (Å²) in [6, 6.07) is 16.6. The van der Waals surface area contributed by atoms with Crippen molar-refractivity contribution in [1.82, 2.24) is 0 Å². The van der Waals surface area contributed by atoms with E-state index in [1.807, 2.05) is 0 Å². The van der Waals surface area contributed by atoms with Gasteiger partial charge >= 0.3 is 11.9 Å². The van der Waals surface area contributed by atoms with E-state index < -0.39 is 11.9 Å². The first-order chi connectivity index (χ1) is 10.0. The zero-order valence-electron chi connectivity index (χ0n) is 11.3. The maximum atomic E-state index is 10.2. The summed E-state index contributed by atoms with van der Waals surface area (Å²) in [5.74, 6) is -1.76. The molecule has 0 aliphatic carbocycles. The summed E-state index contributed by atoms with van der Waals surface area (Å²) in [6.07, 6.45) is 0. The monoisotopic (exact) mass is 290 g/mol. The minimum atomic E-state index is -0.879. The summed E-state index contributed by atoms with van der Waals surface area (Å²) < 4.78 is 0. The molecule has 0 radical (unpaired) electrons. The summed E-state index contributed by atoms with van der Waals surface area (Å²) in [6.45, 7) is 0.250. The fourth-order valence-electron chi connectivity index (χ4n) is 1.16. The molecule has 0 aliphatic heterocycles. The summed E-state index contributed by atoms with van der Waals surface area (Å²) in [4.78, 5) is 20.4. The molecular formula is C15H18N2O4. The molecule has 6 heteroatoms. The van der Waals surface area contributed by atoms with Crippen molar-refractivity contribution in [2.45, 2.75) is 0 Å². The topological polar surface area (TPSA) is 127 Å². The van der Waals surface area contributed by atoms with Crippen LogP contribution < -0.4 is 11.5 Å². The predicted octanol–water partition coefficient (Wildman–Crippen LogP) is 1.63. The van der Waals surface area contributed by atoms with Crippen LogP contribution in [-0.4, -0.2) is 28.8 Å². The van der Waals surface area contributed by atoms with E-state index in [1.165, 1.54) is 0 Å². The number of carboxylic acids is 2. The number of hydrogen-bond acceptors (Lipinski definition) is 4. The van der Waals surface area contributed by atoms with E-state index in [2.05, 4.69) is 11.5 Å². The lowest BCUT2D eigenvalue weighted by Gasteiger charge is -1.88. The Bertz CT molecular complexity index is 480. The number of carboxylic acid groups (broad SMARTS) is 2. The molecule has 0 spiro atoms. The van der Waals surface area contributed by atoms with E-state index in [9.17, 15) is 9.59 Å². The molecule has 0 fully saturated rings. The molecule has 0 saturated heterocycles.